The van der Waals surface area contributed by atoms with E-state index in [0.717, 1.165) is 12.0 Å². The lowest BCUT2D eigenvalue weighted by atomic mass is 9.74. The summed E-state index contributed by atoms with van der Waals surface area (Å²) >= 11 is 6.09. The van der Waals surface area contributed by atoms with Crippen molar-refractivity contribution >= 4 is 29.1 Å². The average Bonchev–Trinajstić information content (AvgIpc) is 3.31. The van der Waals surface area contributed by atoms with Crippen molar-refractivity contribution in [3.05, 3.63) is 70.0 Å². The Balaban J connectivity index is 1.08. The van der Waals surface area contributed by atoms with Crippen LogP contribution in [0.3, 0.4) is 0 Å². The maximum atomic E-state index is 15.0. The van der Waals surface area contributed by atoms with Gasteiger partial charge >= 0.3 is 0 Å². The molecule has 6 rings (SSSR count). The third-order valence-electron chi connectivity index (χ3n) is 7.67. The first-order valence-corrected chi connectivity index (χ1v) is 12.6. The van der Waals surface area contributed by atoms with E-state index in [1.165, 1.54) is 23.1 Å². The molecule has 1 saturated heterocycles. The molecule has 188 valence electrons. The minimum absolute atomic E-state index is 0.0368. The number of nitrogens with one attached hydrogen (secondary N) is 1. The van der Waals surface area contributed by atoms with Gasteiger partial charge in [0, 0.05) is 29.6 Å². The molecule has 3 aromatic rings. The molecule has 2 amide bonds. The van der Waals surface area contributed by atoms with Gasteiger partial charge < -0.3 is 10.2 Å². The molecule has 1 aromatic carbocycles. The summed E-state index contributed by atoms with van der Waals surface area (Å²) in [4.78, 5) is 30.9. The van der Waals surface area contributed by atoms with Gasteiger partial charge in [0.2, 0.25) is 5.91 Å². The first kappa shape index (κ1) is 23.6. The Labute approximate surface area is 217 Å². The van der Waals surface area contributed by atoms with Crippen LogP contribution >= 0.6 is 11.6 Å². The second-order valence-corrected chi connectivity index (χ2v) is 10.5. The Hall–Kier alpha value is -3.84. The molecule has 0 radical (unpaired) electrons. The molecule has 3 fully saturated rings. The summed E-state index contributed by atoms with van der Waals surface area (Å²) in [6.45, 7) is 2.33. The predicted molar refractivity (Wildman–Crippen MR) is 131 cm³/mol. The Morgan fingerprint density at radius 2 is 2.11 bits per heavy atom. The highest BCUT2D eigenvalue weighted by atomic mass is 35.5. The number of nitriles is 1. The van der Waals surface area contributed by atoms with Crippen molar-refractivity contribution in [1.82, 2.24) is 25.3 Å². The lowest BCUT2D eigenvalue weighted by Crippen LogP contribution is -2.43. The number of carbonyl (C=O) groups excluding carboxylic acids is 2. The summed E-state index contributed by atoms with van der Waals surface area (Å²) in [7, 11) is 0. The molecule has 0 spiro atoms. The Morgan fingerprint density at radius 1 is 1.30 bits per heavy atom. The lowest BCUT2D eigenvalue weighted by molar-refractivity contribution is -0.118. The third-order valence-corrected chi connectivity index (χ3v) is 7.91. The lowest BCUT2D eigenvalue weighted by Gasteiger charge is -2.36. The van der Waals surface area contributed by atoms with Crippen molar-refractivity contribution in [2.45, 2.75) is 44.2 Å². The molecule has 2 aromatic heterocycles. The van der Waals surface area contributed by atoms with Crippen LogP contribution in [0, 0.1) is 29.0 Å². The van der Waals surface area contributed by atoms with Crippen LogP contribution in [-0.4, -0.2) is 44.4 Å². The number of benzene rings is 1. The quantitative estimate of drug-likeness (QED) is 0.532. The van der Waals surface area contributed by atoms with Crippen LogP contribution in [0.2, 0.25) is 5.02 Å². The number of hydrogen-bond acceptors (Lipinski definition) is 6. The number of carbonyl (C=O) groups is 2. The number of rotatable bonds is 6. The number of anilines is 1. The second-order valence-electron chi connectivity index (χ2n) is 10.1. The van der Waals surface area contributed by atoms with E-state index in [9.17, 15) is 19.2 Å². The monoisotopic (exact) mass is 519 g/mol. The van der Waals surface area contributed by atoms with Gasteiger partial charge in [-0.25, -0.2) is 9.07 Å². The number of amides is 2. The molecule has 1 N–H and O–H groups in total. The van der Waals surface area contributed by atoms with Gasteiger partial charge in [0.15, 0.2) is 5.69 Å². The summed E-state index contributed by atoms with van der Waals surface area (Å²) in [6, 6.07) is 8.07. The average molecular weight is 520 g/mol. The number of fused-ring (bicyclic) bond motifs is 1. The molecule has 11 heteroatoms. The SMILES string of the molecule is C[C@H](c1ncc(N2C[C@H]3C[C@H]3C2=O)cc1F)n1cc(C(=O)N[C@H]2C[C@@H](c3cc(Cl)ccc3C#N)C2)nn1. The standard InChI is InChI=1S/C26H23ClFN7O2/c1-13(24-22(28)8-19(10-30-24)34-11-16-6-21(16)26(34)37)35-12-23(32-33-35)25(36)31-18-4-15(5-18)20-7-17(27)3-2-14(20)9-29/h2-3,7-8,10,12-13,15-16,18,21H,4-6,11H2,1H3,(H,31,36)/t13-,15-,16-,18+,21-/m1/s1. The van der Waals surface area contributed by atoms with Crippen LogP contribution in [-0.2, 0) is 4.79 Å². The molecular formula is C26H23ClFN7O2. The van der Waals surface area contributed by atoms with E-state index in [2.05, 4.69) is 26.7 Å². The number of aromatic nitrogens is 4. The molecule has 2 aliphatic carbocycles. The van der Waals surface area contributed by atoms with Gasteiger partial charge in [0.05, 0.1) is 35.8 Å². The number of nitrogens with zero attached hydrogens (tertiary/aromatic N) is 6. The fraction of sp³-hybridized carbons (Fsp3) is 0.385. The van der Waals surface area contributed by atoms with Crippen LogP contribution in [0.15, 0.2) is 36.7 Å². The van der Waals surface area contributed by atoms with Crippen molar-refractivity contribution in [3.63, 3.8) is 0 Å². The van der Waals surface area contributed by atoms with E-state index in [1.54, 1.807) is 30.0 Å². The number of hydrogen-bond donors (Lipinski definition) is 1. The molecular weight excluding hydrogens is 497 g/mol. The smallest absolute Gasteiger partial charge is 0.273 e. The van der Waals surface area contributed by atoms with E-state index in [-0.39, 0.29) is 41.1 Å². The van der Waals surface area contributed by atoms with Crippen LogP contribution in [0.25, 0.3) is 0 Å². The molecule has 3 aliphatic rings. The minimum Gasteiger partial charge on any atom is -0.348 e. The Kier molecular flexibility index (Phi) is 5.68. The molecule has 0 unspecified atom stereocenters. The van der Waals surface area contributed by atoms with Crippen LogP contribution in [0.5, 0.6) is 0 Å². The van der Waals surface area contributed by atoms with Gasteiger partial charge in [0.1, 0.15) is 11.5 Å². The predicted octanol–water partition coefficient (Wildman–Crippen LogP) is 3.61. The molecule has 9 nitrogen and oxygen atoms in total. The first-order chi connectivity index (χ1) is 17.8. The maximum Gasteiger partial charge on any atom is 0.273 e. The molecule has 37 heavy (non-hydrogen) atoms. The Bertz CT molecular complexity index is 1460. The normalized spacial score (nSPS) is 24.7. The maximum absolute atomic E-state index is 15.0. The van der Waals surface area contributed by atoms with Crippen LogP contribution in [0.1, 0.15) is 65.5 Å². The van der Waals surface area contributed by atoms with E-state index >= 15 is 0 Å². The zero-order chi connectivity index (χ0) is 25.8. The fourth-order valence-electron chi connectivity index (χ4n) is 5.32. The summed E-state index contributed by atoms with van der Waals surface area (Å²) in [5, 5.41) is 20.8. The Morgan fingerprint density at radius 3 is 2.81 bits per heavy atom. The van der Waals surface area contributed by atoms with Gasteiger partial charge in [0.25, 0.3) is 5.91 Å². The van der Waals surface area contributed by atoms with Crippen LogP contribution in [0.4, 0.5) is 10.1 Å². The van der Waals surface area contributed by atoms with E-state index < -0.39 is 11.9 Å². The van der Waals surface area contributed by atoms with E-state index in [1.807, 2.05) is 0 Å². The molecule has 0 bridgehead atoms. The highest BCUT2D eigenvalue weighted by Gasteiger charge is 2.52. The van der Waals surface area contributed by atoms with Gasteiger partial charge in [-0.3, -0.25) is 14.6 Å². The number of pyridine rings is 1. The zero-order valence-electron chi connectivity index (χ0n) is 19.9. The highest BCUT2D eigenvalue weighted by Crippen LogP contribution is 2.47. The molecule has 3 heterocycles. The van der Waals surface area contributed by atoms with Crippen molar-refractivity contribution in [2.24, 2.45) is 11.8 Å². The van der Waals surface area contributed by atoms with Crippen LogP contribution < -0.4 is 10.2 Å². The first-order valence-electron chi connectivity index (χ1n) is 12.2. The minimum atomic E-state index is -0.605. The van der Waals surface area contributed by atoms with Crippen molar-refractivity contribution in [2.75, 3.05) is 11.4 Å². The summed E-state index contributed by atoms with van der Waals surface area (Å²) in [5.41, 5.74) is 2.21. The molecule has 3 atom stereocenters. The second kappa shape index (κ2) is 8.92. The van der Waals surface area contributed by atoms with E-state index in [4.69, 9.17) is 11.6 Å². The van der Waals surface area contributed by atoms with Gasteiger partial charge in [-0.1, -0.05) is 16.8 Å². The van der Waals surface area contributed by atoms with Gasteiger partial charge in [-0.2, -0.15) is 5.26 Å². The number of piperidine rings is 1. The summed E-state index contributed by atoms with van der Waals surface area (Å²) in [5.74, 6) is -0.269. The highest BCUT2D eigenvalue weighted by molar-refractivity contribution is 6.30. The molecule has 1 aliphatic heterocycles. The third kappa shape index (κ3) is 4.23. The molecule has 2 saturated carbocycles. The fourth-order valence-corrected chi connectivity index (χ4v) is 5.50. The topological polar surface area (TPSA) is 117 Å². The summed E-state index contributed by atoms with van der Waals surface area (Å²) in [6.07, 6.45) is 5.27. The van der Waals surface area contributed by atoms with Crippen molar-refractivity contribution in [1.29, 1.82) is 5.26 Å². The number of halogens is 2. The van der Waals surface area contributed by atoms with Crippen molar-refractivity contribution in [3.8, 4) is 6.07 Å². The zero-order valence-corrected chi connectivity index (χ0v) is 20.7. The largest absolute Gasteiger partial charge is 0.348 e. The van der Waals surface area contributed by atoms with Crippen molar-refractivity contribution < 1.29 is 14.0 Å². The summed E-state index contributed by atoms with van der Waals surface area (Å²) < 4.78 is 16.3. The van der Waals surface area contributed by atoms with Gasteiger partial charge in [-0.05, 0) is 61.8 Å². The van der Waals surface area contributed by atoms with Gasteiger partial charge in [-0.15, -0.1) is 5.10 Å². The van der Waals surface area contributed by atoms with E-state index in [0.29, 0.717) is 41.6 Å².